The van der Waals surface area contributed by atoms with Crippen molar-refractivity contribution in [2.75, 3.05) is 12.4 Å². The fourth-order valence-electron chi connectivity index (χ4n) is 1.23. The van der Waals surface area contributed by atoms with Gasteiger partial charge in [-0.1, -0.05) is 32.0 Å². The molecule has 0 aromatic heterocycles. The molecular weight excluding hydrogens is 178 g/mol. The molecule has 3 nitrogen and oxygen atoms in total. The quantitative estimate of drug-likeness (QED) is 0.713. The van der Waals surface area contributed by atoms with Gasteiger partial charge in [0.05, 0.1) is 0 Å². The lowest BCUT2D eigenvalue weighted by Crippen LogP contribution is -1.96. The van der Waals surface area contributed by atoms with E-state index in [0.717, 1.165) is 0 Å². The Morgan fingerprint density at radius 1 is 1.36 bits per heavy atom. The number of carboxylic acid groups (broad SMARTS) is 1. The summed E-state index contributed by atoms with van der Waals surface area (Å²) in [6.07, 6.45) is 0. The van der Waals surface area contributed by atoms with Crippen LogP contribution in [0.5, 0.6) is 0 Å². The fourth-order valence-corrected chi connectivity index (χ4v) is 1.23. The molecule has 1 rings (SSSR count). The van der Waals surface area contributed by atoms with E-state index >= 15 is 0 Å². The van der Waals surface area contributed by atoms with Gasteiger partial charge in [0.25, 0.3) is 6.47 Å². The first-order valence-electron chi connectivity index (χ1n) is 4.51. The van der Waals surface area contributed by atoms with Gasteiger partial charge in [-0.05, 0) is 17.5 Å². The summed E-state index contributed by atoms with van der Waals surface area (Å²) in [5.74, 6) is 0.596. The van der Waals surface area contributed by atoms with Crippen molar-refractivity contribution in [3.8, 4) is 0 Å². The molecule has 78 valence electrons. The maximum atomic E-state index is 8.36. The number of rotatable bonds is 2. The molecule has 0 aliphatic heterocycles. The standard InChI is InChI=1S/C10H15N.CH2O2/c1-8(2)9-6-4-5-7-10(9)11-3;2-1-3/h4-8,11H,1-3H3;1H,(H,2,3). The third-order valence-corrected chi connectivity index (χ3v) is 1.85. The van der Waals surface area contributed by atoms with Gasteiger partial charge in [-0.25, -0.2) is 0 Å². The third-order valence-electron chi connectivity index (χ3n) is 1.85. The molecule has 1 aromatic rings. The van der Waals surface area contributed by atoms with E-state index in [4.69, 9.17) is 9.90 Å². The summed E-state index contributed by atoms with van der Waals surface area (Å²) in [5.41, 5.74) is 2.62. The first-order chi connectivity index (χ1) is 6.67. The molecule has 0 unspecified atom stereocenters. The van der Waals surface area contributed by atoms with Gasteiger partial charge in [0.15, 0.2) is 0 Å². The van der Waals surface area contributed by atoms with Crippen LogP contribution in [-0.2, 0) is 4.79 Å². The second-order valence-electron chi connectivity index (χ2n) is 3.10. The van der Waals surface area contributed by atoms with Crippen molar-refractivity contribution < 1.29 is 9.90 Å². The zero-order valence-corrected chi connectivity index (χ0v) is 8.82. The number of nitrogens with one attached hydrogen (secondary N) is 1. The lowest BCUT2D eigenvalue weighted by Gasteiger charge is -2.10. The second-order valence-corrected chi connectivity index (χ2v) is 3.10. The van der Waals surface area contributed by atoms with Crippen molar-refractivity contribution in [3.05, 3.63) is 29.8 Å². The SMILES string of the molecule is CNc1ccccc1C(C)C.O=CO. The summed E-state index contributed by atoms with van der Waals surface area (Å²) in [6.45, 7) is 4.16. The highest BCUT2D eigenvalue weighted by molar-refractivity contribution is 5.51. The molecular formula is C11H17NO2. The van der Waals surface area contributed by atoms with E-state index < -0.39 is 0 Å². The molecule has 0 aliphatic rings. The van der Waals surface area contributed by atoms with E-state index in [1.54, 1.807) is 0 Å². The summed E-state index contributed by atoms with van der Waals surface area (Å²) in [7, 11) is 1.96. The maximum absolute atomic E-state index is 8.36. The second kappa shape index (κ2) is 6.95. The van der Waals surface area contributed by atoms with E-state index in [0.29, 0.717) is 5.92 Å². The molecule has 0 fully saturated rings. The van der Waals surface area contributed by atoms with Crippen LogP contribution < -0.4 is 5.32 Å². The molecule has 0 heterocycles. The smallest absolute Gasteiger partial charge is 0.290 e. The largest absolute Gasteiger partial charge is 0.483 e. The van der Waals surface area contributed by atoms with Crippen molar-refractivity contribution in [1.29, 1.82) is 0 Å². The summed E-state index contributed by atoms with van der Waals surface area (Å²) >= 11 is 0. The van der Waals surface area contributed by atoms with E-state index in [2.05, 4.69) is 43.4 Å². The average Bonchev–Trinajstić information content (AvgIpc) is 2.19. The number of hydrogen-bond donors (Lipinski definition) is 2. The van der Waals surface area contributed by atoms with E-state index in [1.807, 2.05) is 7.05 Å². The summed E-state index contributed by atoms with van der Waals surface area (Å²) < 4.78 is 0. The zero-order chi connectivity index (χ0) is 11.0. The van der Waals surface area contributed by atoms with Crippen molar-refractivity contribution in [1.82, 2.24) is 0 Å². The van der Waals surface area contributed by atoms with Crippen LogP contribution in [0.1, 0.15) is 25.3 Å². The maximum Gasteiger partial charge on any atom is 0.290 e. The molecule has 0 spiro atoms. The number of benzene rings is 1. The lowest BCUT2D eigenvalue weighted by molar-refractivity contribution is -0.122. The predicted molar refractivity (Wildman–Crippen MR) is 58.8 cm³/mol. The van der Waals surface area contributed by atoms with Gasteiger partial charge in [0, 0.05) is 12.7 Å². The first kappa shape index (κ1) is 12.5. The van der Waals surface area contributed by atoms with Crippen molar-refractivity contribution in [2.45, 2.75) is 19.8 Å². The summed E-state index contributed by atoms with van der Waals surface area (Å²) in [6, 6.07) is 8.40. The Bertz CT molecular complexity index is 272. The number of para-hydroxylation sites is 1. The molecule has 0 amide bonds. The van der Waals surface area contributed by atoms with Crippen molar-refractivity contribution >= 4 is 12.2 Å². The Morgan fingerprint density at radius 3 is 2.21 bits per heavy atom. The Balaban J connectivity index is 0.000000500. The van der Waals surface area contributed by atoms with Crippen molar-refractivity contribution in [2.24, 2.45) is 0 Å². The number of hydrogen-bond acceptors (Lipinski definition) is 2. The van der Waals surface area contributed by atoms with Gasteiger partial charge in [-0.15, -0.1) is 0 Å². The first-order valence-corrected chi connectivity index (χ1v) is 4.51. The molecule has 1 aromatic carbocycles. The summed E-state index contributed by atoms with van der Waals surface area (Å²) in [5, 5.41) is 10.1. The Hall–Kier alpha value is -1.51. The van der Waals surface area contributed by atoms with Crippen LogP contribution >= 0.6 is 0 Å². The van der Waals surface area contributed by atoms with Gasteiger partial charge in [0.1, 0.15) is 0 Å². The van der Waals surface area contributed by atoms with Crippen LogP contribution in [0.2, 0.25) is 0 Å². The highest BCUT2D eigenvalue weighted by atomic mass is 16.3. The minimum atomic E-state index is -0.250. The van der Waals surface area contributed by atoms with Crippen LogP contribution in [-0.4, -0.2) is 18.6 Å². The van der Waals surface area contributed by atoms with Crippen LogP contribution in [0, 0.1) is 0 Å². The van der Waals surface area contributed by atoms with Crippen LogP contribution in [0.25, 0.3) is 0 Å². The van der Waals surface area contributed by atoms with E-state index in [-0.39, 0.29) is 6.47 Å². The normalized spacial score (nSPS) is 8.86. The highest BCUT2D eigenvalue weighted by Gasteiger charge is 2.02. The molecule has 3 heteroatoms. The predicted octanol–water partition coefficient (Wildman–Crippen LogP) is 2.55. The van der Waals surface area contributed by atoms with E-state index in [1.165, 1.54) is 11.3 Å². The van der Waals surface area contributed by atoms with Gasteiger partial charge >= 0.3 is 0 Å². The number of anilines is 1. The molecule has 14 heavy (non-hydrogen) atoms. The van der Waals surface area contributed by atoms with Gasteiger partial charge in [0.2, 0.25) is 0 Å². The average molecular weight is 195 g/mol. The highest BCUT2D eigenvalue weighted by Crippen LogP contribution is 2.22. The molecule has 0 bridgehead atoms. The topological polar surface area (TPSA) is 49.3 Å². The molecule has 0 radical (unpaired) electrons. The Kier molecular flexibility index (Phi) is 6.20. The minimum absolute atomic E-state index is 0.250. The molecule has 0 saturated carbocycles. The molecule has 0 saturated heterocycles. The minimum Gasteiger partial charge on any atom is -0.483 e. The van der Waals surface area contributed by atoms with Crippen LogP contribution in [0.3, 0.4) is 0 Å². The summed E-state index contributed by atoms with van der Waals surface area (Å²) in [4.78, 5) is 8.36. The third kappa shape index (κ3) is 3.94. The monoisotopic (exact) mass is 195 g/mol. The fraction of sp³-hybridized carbons (Fsp3) is 0.364. The lowest BCUT2D eigenvalue weighted by atomic mass is 10.0. The van der Waals surface area contributed by atoms with Gasteiger partial charge in [-0.2, -0.15) is 0 Å². The molecule has 0 atom stereocenters. The molecule has 0 aliphatic carbocycles. The van der Waals surface area contributed by atoms with Gasteiger partial charge in [-0.3, -0.25) is 4.79 Å². The zero-order valence-electron chi connectivity index (χ0n) is 8.82. The molecule has 2 N–H and O–H groups in total. The Morgan fingerprint density at radius 2 is 1.86 bits per heavy atom. The number of carbonyl (C=O) groups is 1. The van der Waals surface area contributed by atoms with Crippen LogP contribution in [0.15, 0.2) is 24.3 Å². The Labute approximate surface area is 84.8 Å². The van der Waals surface area contributed by atoms with Crippen LogP contribution in [0.4, 0.5) is 5.69 Å². The van der Waals surface area contributed by atoms with Gasteiger partial charge < -0.3 is 10.4 Å². The van der Waals surface area contributed by atoms with E-state index in [9.17, 15) is 0 Å². The van der Waals surface area contributed by atoms with Crippen molar-refractivity contribution in [3.63, 3.8) is 0 Å².